The first-order valence-corrected chi connectivity index (χ1v) is 14.8. The Morgan fingerprint density at radius 2 is 1.76 bits per heavy atom. The summed E-state index contributed by atoms with van der Waals surface area (Å²) in [6.45, 7) is 14.1. The molecule has 1 atom stereocenters. The molecule has 0 N–H and O–H groups in total. The van der Waals surface area contributed by atoms with Gasteiger partial charge in [0.15, 0.2) is 5.76 Å². The SMILES string of the molecule is CCC.CCCCCN(CCC)CCOC1=CC(N(C=O)CCC(C)c2cccc(C(F)(F)F)c2)=CC=C=C1OC. The quantitative estimate of drug-likeness (QED) is 0.106. The van der Waals surface area contributed by atoms with E-state index >= 15 is 0 Å². The number of amides is 1. The monoisotopic (exact) mass is 578 g/mol. The molecule has 230 valence electrons. The number of ether oxygens (including phenoxy) is 2. The van der Waals surface area contributed by atoms with Crippen LogP contribution in [-0.2, 0) is 20.4 Å². The van der Waals surface area contributed by atoms with Crippen LogP contribution in [0.25, 0.3) is 0 Å². The lowest BCUT2D eigenvalue weighted by atomic mass is 9.95. The van der Waals surface area contributed by atoms with Crippen LogP contribution in [0.2, 0.25) is 0 Å². The lowest BCUT2D eigenvalue weighted by Gasteiger charge is -2.23. The van der Waals surface area contributed by atoms with E-state index in [2.05, 4.69) is 38.3 Å². The van der Waals surface area contributed by atoms with Crippen LogP contribution in [0.5, 0.6) is 0 Å². The number of allylic oxidation sites excluding steroid dienone is 2. The molecule has 5 nitrogen and oxygen atoms in total. The number of alkyl halides is 3. The van der Waals surface area contributed by atoms with Gasteiger partial charge >= 0.3 is 6.18 Å². The Balaban J connectivity index is 0.00000268. The van der Waals surface area contributed by atoms with Crippen molar-refractivity contribution in [1.82, 2.24) is 9.80 Å². The van der Waals surface area contributed by atoms with Crippen LogP contribution in [0.15, 0.2) is 65.4 Å². The van der Waals surface area contributed by atoms with Crippen molar-refractivity contribution in [3.05, 3.63) is 76.6 Å². The van der Waals surface area contributed by atoms with E-state index < -0.39 is 11.7 Å². The Kier molecular flexibility index (Phi) is 17.6. The highest BCUT2D eigenvalue weighted by molar-refractivity contribution is 5.54. The van der Waals surface area contributed by atoms with Gasteiger partial charge in [-0.15, -0.1) is 0 Å². The molecule has 1 aromatic carbocycles. The number of nitrogens with zero attached hydrogens (tertiary/aromatic N) is 2. The van der Waals surface area contributed by atoms with Gasteiger partial charge in [-0.25, -0.2) is 0 Å². The fourth-order valence-corrected chi connectivity index (χ4v) is 4.25. The number of carbonyl (C=O) groups excluding carboxylic acids is 1. The molecule has 0 aliphatic heterocycles. The number of carbonyl (C=O) groups is 1. The summed E-state index contributed by atoms with van der Waals surface area (Å²) in [5.41, 5.74) is 3.55. The summed E-state index contributed by atoms with van der Waals surface area (Å²) >= 11 is 0. The molecular formula is C33H49F3N2O3. The number of methoxy groups -OCH3 is 1. The lowest BCUT2D eigenvalue weighted by molar-refractivity contribution is -0.137. The van der Waals surface area contributed by atoms with E-state index in [9.17, 15) is 18.0 Å². The lowest BCUT2D eigenvalue weighted by Crippen LogP contribution is -2.29. The Bertz CT molecular complexity index is 1030. The minimum Gasteiger partial charge on any atom is -0.488 e. The highest BCUT2D eigenvalue weighted by Gasteiger charge is 2.30. The fourth-order valence-electron chi connectivity index (χ4n) is 4.25. The third-order valence-corrected chi connectivity index (χ3v) is 6.50. The Morgan fingerprint density at radius 3 is 2.37 bits per heavy atom. The minimum absolute atomic E-state index is 0.175. The molecule has 0 heterocycles. The number of rotatable bonds is 17. The molecule has 41 heavy (non-hydrogen) atoms. The summed E-state index contributed by atoms with van der Waals surface area (Å²) in [6.07, 6.45) is 7.84. The molecule has 0 fully saturated rings. The Hall–Kier alpha value is -2.96. The van der Waals surface area contributed by atoms with E-state index in [-0.39, 0.29) is 5.92 Å². The van der Waals surface area contributed by atoms with Crippen molar-refractivity contribution in [1.29, 1.82) is 0 Å². The second kappa shape index (κ2) is 20.0. The number of halogens is 3. The summed E-state index contributed by atoms with van der Waals surface area (Å²) in [4.78, 5) is 15.9. The largest absolute Gasteiger partial charge is 0.488 e. The Morgan fingerprint density at radius 1 is 1.02 bits per heavy atom. The second-order valence-electron chi connectivity index (χ2n) is 10.2. The van der Waals surface area contributed by atoms with Gasteiger partial charge in [0.1, 0.15) is 6.61 Å². The molecule has 1 aliphatic rings. The smallest absolute Gasteiger partial charge is 0.416 e. The molecule has 0 saturated carbocycles. The van der Waals surface area contributed by atoms with Gasteiger partial charge in [-0.05, 0) is 62.1 Å². The van der Waals surface area contributed by atoms with E-state index in [1.807, 2.05) is 6.92 Å². The first-order valence-electron chi connectivity index (χ1n) is 14.8. The third kappa shape index (κ3) is 13.5. The van der Waals surface area contributed by atoms with Crippen molar-refractivity contribution in [2.45, 2.75) is 85.2 Å². The molecule has 1 amide bonds. The van der Waals surface area contributed by atoms with Crippen LogP contribution in [0, 0.1) is 0 Å². The van der Waals surface area contributed by atoms with Gasteiger partial charge < -0.3 is 14.4 Å². The summed E-state index contributed by atoms with van der Waals surface area (Å²) in [7, 11) is 1.54. The van der Waals surface area contributed by atoms with Gasteiger partial charge in [-0.1, -0.05) is 77.8 Å². The maximum Gasteiger partial charge on any atom is 0.416 e. The predicted octanol–water partition coefficient (Wildman–Crippen LogP) is 8.46. The highest BCUT2D eigenvalue weighted by atomic mass is 19.4. The van der Waals surface area contributed by atoms with Gasteiger partial charge in [0, 0.05) is 24.9 Å². The highest BCUT2D eigenvalue weighted by Crippen LogP contribution is 2.32. The maximum absolute atomic E-state index is 13.1. The molecule has 0 saturated heterocycles. The molecule has 1 unspecified atom stereocenters. The van der Waals surface area contributed by atoms with Crippen LogP contribution in [-0.4, -0.2) is 56.1 Å². The molecule has 8 heteroatoms. The van der Waals surface area contributed by atoms with Gasteiger partial charge in [0.2, 0.25) is 12.2 Å². The molecule has 0 bridgehead atoms. The summed E-state index contributed by atoms with van der Waals surface area (Å²) in [5, 5.41) is 0. The van der Waals surface area contributed by atoms with E-state index in [1.54, 1.807) is 31.4 Å². The van der Waals surface area contributed by atoms with Crippen LogP contribution >= 0.6 is 0 Å². The van der Waals surface area contributed by atoms with Crippen LogP contribution in [0.3, 0.4) is 0 Å². The zero-order chi connectivity index (χ0) is 30.7. The van der Waals surface area contributed by atoms with E-state index in [0.717, 1.165) is 45.0 Å². The van der Waals surface area contributed by atoms with Crippen molar-refractivity contribution >= 4 is 6.41 Å². The van der Waals surface area contributed by atoms with Crippen molar-refractivity contribution in [3.63, 3.8) is 0 Å². The fraction of sp³-hybridized carbons (Fsp3) is 0.576. The van der Waals surface area contributed by atoms with Crippen LogP contribution in [0.4, 0.5) is 13.2 Å². The van der Waals surface area contributed by atoms with Crippen LogP contribution in [0.1, 0.15) is 90.2 Å². The van der Waals surface area contributed by atoms with Crippen molar-refractivity contribution in [2.75, 3.05) is 39.9 Å². The maximum atomic E-state index is 13.1. The predicted molar refractivity (Wildman–Crippen MR) is 160 cm³/mol. The number of unbranched alkanes of at least 4 members (excludes halogenated alkanes) is 2. The van der Waals surface area contributed by atoms with Gasteiger partial charge in [0.25, 0.3) is 0 Å². The van der Waals surface area contributed by atoms with Gasteiger partial charge in [0.05, 0.1) is 12.7 Å². The third-order valence-electron chi connectivity index (χ3n) is 6.50. The van der Waals surface area contributed by atoms with E-state index in [0.29, 0.717) is 42.4 Å². The van der Waals surface area contributed by atoms with Crippen molar-refractivity contribution in [2.24, 2.45) is 0 Å². The van der Waals surface area contributed by atoms with E-state index in [4.69, 9.17) is 9.47 Å². The molecule has 1 aromatic rings. The molecule has 1 aliphatic carbocycles. The summed E-state index contributed by atoms with van der Waals surface area (Å²) < 4.78 is 50.9. The number of hydrogen-bond donors (Lipinski definition) is 0. The second-order valence-corrected chi connectivity index (χ2v) is 10.2. The molecule has 2 rings (SSSR count). The molecule has 0 aromatic heterocycles. The van der Waals surface area contributed by atoms with Crippen molar-refractivity contribution < 1.29 is 27.4 Å². The standard InChI is InChI=1S/C30H41F3N2O3.C3H8/c1-5-7-8-17-34(16-6-2)19-20-38-29-22-27(13-10-14-28(29)37-4)35(23-36)18-15-24(3)25-11-9-12-26(21-25)30(31,32)33;1-3-2/h9-13,21-24H,5-8,15-20H2,1-4H3;3H2,1-2H3. The number of hydrogen-bond acceptors (Lipinski definition) is 4. The summed E-state index contributed by atoms with van der Waals surface area (Å²) in [5.74, 6) is 0.744. The van der Waals surface area contributed by atoms with E-state index in [1.165, 1.54) is 36.3 Å². The average molecular weight is 579 g/mol. The first-order chi connectivity index (χ1) is 19.6. The van der Waals surface area contributed by atoms with Crippen molar-refractivity contribution in [3.8, 4) is 0 Å². The topological polar surface area (TPSA) is 42.0 Å². The van der Waals surface area contributed by atoms with Gasteiger partial charge in [-0.2, -0.15) is 13.2 Å². The van der Waals surface area contributed by atoms with Gasteiger partial charge in [-0.3, -0.25) is 9.69 Å². The molecule has 0 spiro atoms. The zero-order valence-electron chi connectivity index (χ0n) is 25.7. The zero-order valence-corrected chi connectivity index (χ0v) is 25.7. The normalized spacial score (nSPS) is 13.8. The molecular weight excluding hydrogens is 529 g/mol. The number of benzene rings is 1. The molecule has 0 radical (unpaired) electrons. The Labute approximate surface area is 245 Å². The summed E-state index contributed by atoms with van der Waals surface area (Å²) in [6, 6.07) is 5.34. The average Bonchev–Trinajstić information content (AvgIpc) is 3.15. The first kappa shape index (κ1) is 36.1. The minimum atomic E-state index is -4.39. The van der Waals surface area contributed by atoms with Crippen LogP contribution < -0.4 is 0 Å².